The van der Waals surface area contributed by atoms with E-state index >= 15 is 0 Å². The normalized spacial score (nSPS) is 22.4. The SMILES string of the molecule is Cc1ccnc2nc(C(=O)NC3CCCCC3CN)nn12. The molecule has 2 atom stereocenters. The van der Waals surface area contributed by atoms with E-state index in [-0.39, 0.29) is 17.8 Å². The van der Waals surface area contributed by atoms with Crippen molar-refractivity contribution in [3.8, 4) is 0 Å². The third kappa shape index (κ3) is 2.73. The van der Waals surface area contributed by atoms with Crippen LogP contribution in [0.4, 0.5) is 0 Å². The molecule has 0 aromatic carbocycles. The van der Waals surface area contributed by atoms with Crippen LogP contribution in [0.3, 0.4) is 0 Å². The van der Waals surface area contributed by atoms with Crippen LogP contribution in [0.5, 0.6) is 0 Å². The highest BCUT2D eigenvalue weighted by molar-refractivity contribution is 5.91. The lowest BCUT2D eigenvalue weighted by Gasteiger charge is -2.30. The zero-order valence-electron chi connectivity index (χ0n) is 12.1. The quantitative estimate of drug-likeness (QED) is 0.865. The van der Waals surface area contributed by atoms with Gasteiger partial charge in [-0.15, -0.1) is 5.10 Å². The Morgan fingerprint density at radius 2 is 2.29 bits per heavy atom. The predicted molar refractivity (Wildman–Crippen MR) is 77.8 cm³/mol. The standard InChI is InChI=1S/C14H20N6O/c1-9-6-7-16-14-18-12(19-20(9)14)13(21)17-11-5-3-2-4-10(11)8-15/h6-7,10-11H,2-5,8,15H2,1H3,(H,17,21). The number of fused-ring (bicyclic) bond motifs is 1. The van der Waals surface area contributed by atoms with Gasteiger partial charge >= 0.3 is 0 Å². The Labute approximate surface area is 123 Å². The number of aryl methyl sites for hydroxylation is 1. The van der Waals surface area contributed by atoms with Crippen molar-refractivity contribution in [3.05, 3.63) is 23.8 Å². The highest BCUT2D eigenvalue weighted by atomic mass is 16.2. The second-order valence-corrected chi connectivity index (χ2v) is 5.59. The molecular formula is C14H20N6O. The molecule has 2 unspecified atom stereocenters. The molecule has 7 heteroatoms. The number of carbonyl (C=O) groups excluding carboxylic acids is 1. The number of nitrogens with zero attached hydrogens (tertiary/aromatic N) is 4. The molecule has 21 heavy (non-hydrogen) atoms. The summed E-state index contributed by atoms with van der Waals surface area (Å²) >= 11 is 0. The Hall–Kier alpha value is -2.02. The first-order chi connectivity index (χ1) is 10.2. The average molecular weight is 288 g/mol. The van der Waals surface area contributed by atoms with Crippen LogP contribution in [-0.2, 0) is 0 Å². The zero-order chi connectivity index (χ0) is 14.8. The van der Waals surface area contributed by atoms with Crippen molar-refractivity contribution in [2.24, 2.45) is 11.7 Å². The zero-order valence-corrected chi connectivity index (χ0v) is 12.1. The third-order valence-corrected chi connectivity index (χ3v) is 4.16. The average Bonchev–Trinajstić information content (AvgIpc) is 2.93. The van der Waals surface area contributed by atoms with Crippen molar-refractivity contribution < 1.29 is 4.79 Å². The number of hydrogen-bond donors (Lipinski definition) is 2. The number of nitrogens with two attached hydrogens (primary N) is 1. The fourth-order valence-corrected chi connectivity index (χ4v) is 2.92. The van der Waals surface area contributed by atoms with Crippen molar-refractivity contribution >= 4 is 11.7 Å². The molecular weight excluding hydrogens is 268 g/mol. The first kappa shape index (κ1) is 13.9. The molecule has 1 fully saturated rings. The van der Waals surface area contributed by atoms with Crippen LogP contribution in [0.25, 0.3) is 5.78 Å². The minimum Gasteiger partial charge on any atom is -0.346 e. The summed E-state index contributed by atoms with van der Waals surface area (Å²) in [6.07, 6.45) is 6.01. The van der Waals surface area contributed by atoms with E-state index in [2.05, 4.69) is 20.4 Å². The minimum atomic E-state index is -0.245. The van der Waals surface area contributed by atoms with Crippen molar-refractivity contribution in [1.82, 2.24) is 24.9 Å². The third-order valence-electron chi connectivity index (χ3n) is 4.16. The second-order valence-electron chi connectivity index (χ2n) is 5.59. The molecule has 2 aromatic rings. The van der Waals surface area contributed by atoms with Gasteiger partial charge in [0.15, 0.2) is 0 Å². The largest absolute Gasteiger partial charge is 0.346 e. The number of nitrogens with one attached hydrogen (secondary N) is 1. The van der Waals surface area contributed by atoms with E-state index in [1.807, 2.05) is 13.0 Å². The lowest BCUT2D eigenvalue weighted by Crippen LogP contribution is -2.45. The van der Waals surface area contributed by atoms with Crippen molar-refractivity contribution in [1.29, 1.82) is 0 Å². The van der Waals surface area contributed by atoms with E-state index in [1.54, 1.807) is 10.7 Å². The highest BCUT2D eigenvalue weighted by Gasteiger charge is 2.27. The molecule has 1 aliphatic rings. The molecule has 3 rings (SSSR count). The topological polar surface area (TPSA) is 98.2 Å². The molecule has 7 nitrogen and oxygen atoms in total. The Kier molecular flexibility index (Phi) is 3.83. The maximum absolute atomic E-state index is 12.3. The number of amides is 1. The van der Waals surface area contributed by atoms with Gasteiger partial charge in [0.1, 0.15) is 0 Å². The van der Waals surface area contributed by atoms with Gasteiger partial charge in [0, 0.05) is 17.9 Å². The first-order valence-corrected chi connectivity index (χ1v) is 7.38. The van der Waals surface area contributed by atoms with E-state index in [9.17, 15) is 4.79 Å². The van der Waals surface area contributed by atoms with Crippen LogP contribution < -0.4 is 11.1 Å². The number of rotatable bonds is 3. The predicted octanol–water partition coefficient (Wildman–Crippen LogP) is 0.680. The van der Waals surface area contributed by atoms with E-state index in [1.165, 1.54) is 6.42 Å². The van der Waals surface area contributed by atoms with Crippen molar-refractivity contribution in [3.63, 3.8) is 0 Å². The van der Waals surface area contributed by atoms with E-state index in [0.717, 1.165) is 25.0 Å². The Morgan fingerprint density at radius 1 is 1.48 bits per heavy atom. The lowest BCUT2D eigenvalue weighted by molar-refractivity contribution is 0.0897. The van der Waals surface area contributed by atoms with E-state index in [4.69, 9.17) is 5.73 Å². The van der Waals surface area contributed by atoms with E-state index in [0.29, 0.717) is 18.2 Å². The number of aromatic nitrogens is 4. The number of carbonyl (C=O) groups is 1. The summed E-state index contributed by atoms with van der Waals surface area (Å²) in [7, 11) is 0. The van der Waals surface area contributed by atoms with Crippen LogP contribution >= 0.6 is 0 Å². The molecule has 0 saturated heterocycles. The summed E-state index contributed by atoms with van der Waals surface area (Å²) in [5.41, 5.74) is 6.69. The monoisotopic (exact) mass is 288 g/mol. The second kappa shape index (κ2) is 5.77. The molecule has 1 saturated carbocycles. The summed E-state index contributed by atoms with van der Waals surface area (Å²) in [5.74, 6) is 0.710. The Balaban J connectivity index is 1.78. The molecule has 1 aliphatic carbocycles. The lowest BCUT2D eigenvalue weighted by atomic mass is 9.84. The molecule has 0 spiro atoms. The van der Waals surface area contributed by atoms with Gasteiger partial charge in [0.25, 0.3) is 11.7 Å². The van der Waals surface area contributed by atoms with Gasteiger partial charge in [0.05, 0.1) is 0 Å². The van der Waals surface area contributed by atoms with Gasteiger partial charge in [-0.1, -0.05) is 12.8 Å². The smallest absolute Gasteiger partial charge is 0.291 e. The van der Waals surface area contributed by atoms with Gasteiger partial charge in [-0.3, -0.25) is 4.79 Å². The van der Waals surface area contributed by atoms with Gasteiger partial charge in [-0.25, -0.2) is 9.50 Å². The van der Waals surface area contributed by atoms with Crippen LogP contribution in [0.1, 0.15) is 42.0 Å². The van der Waals surface area contributed by atoms with E-state index < -0.39 is 0 Å². The summed E-state index contributed by atoms with van der Waals surface area (Å²) in [4.78, 5) is 20.6. The Morgan fingerprint density at radius 3 is 3.05 bits per heavy atom. The molecule has 0 aliphatic heterocycles. The van der Waals surface area contributed by atoms with Crippen LogP contribution in [0.2, 0.25) is 0 Å². The maximum Gasteiger partial charge on any atom is 0.291 e. The minimum absolute atomic E-state index is 0.122. The van der Waals surface area contributed by atoms with Gasteiger partial charge in [-0.2, -0.15) is 4.98 Å². The van der Waals surface area contributed by atoms with Gasteiger partial charge in [0.2, 0.25) is 5.82 Å². The van der Waals surface area contributed by atoms with Crippen molar-refractivity contribution in [2.75, 3.05) is 6.54 Å². The first-order valence-electron chi connectivity index (χ1n) is 7.38. The molecule has 2 aromatic heterocycles. The van der Waals surface area contributed by atoms with Gasteiger partial charge < -0.3 is 11.1 Å². The summed E-state index contributed by atoms with van der Waals surface area (Å²) in [5, 5.41) is 7.26. The molecule has 0 bridgehead atoms. The fraction of sp³-hybridized carbons (Fsp3) is 0.571. The van der Waals surface area contributed by atoms with Gasteiger partial charge in [-0.05, 0) is 38.3 Å². The molecule has 3 N–H and O–H groups in total. The molecule has 2 heterocycles. The molecule has 1 amide bonds. The van der Waals surface area contributed by atoms with Crippen LogP contribution in [-0.4, -0.2) is 38.1 Å². The number of hydrogen-bond acceptors (Lipinski definition) is 5. The maximum atomic E-state index is 12.3. The molecule has 112 valence electrons. The summed E-state index contributed by atoms with van der Waals surface area (Å²) < 4.78 is 1.58. The highest BCUT2D eigenvalue weighted by Crippen LogP contribution is 2.23. The fourth-order valence-electron chi connectivity index (χ4n) is 2.92. The Bertz CT molecular complexity index is 652. The summed E-state index contributed by atoms with van der Waals surface area (Å²) in [6, 6.07) is 1.95. The van der Waals surface area contributed by atoms with Crippen molar-refractivity contribution in [2.45, 2.75) is 38.6 Å². The van der Waals surface area contributed by atoms with Crippen LogP contribution in [0.15, 0.2) is 12.3 Å². The molecule has 0 radical (unpaired) electrons. The van der Waals surface area contributed by atoms with Crippen LogP contribution in [0, 0.1) is 12.8 Å². The summed E-state index contributed by atoms with van der Waals surface area (Å²) in [6.45, 7) is 2.50.